The van der Waals surface area contributed by atoms with Crippen molar-refractivity contribution in [3.05, 3.63) is 53.2 Å². The van der Waals surface area contributed by atoms with Crippen molar-refractivity contribution in [1.29, 1.82) is 5.26 Å². The highest BCUT2D eigenvalue weighted by Crippen LogP contribution is 2.36. The van der Waals surface area contributed by atoms with E-state index in [0.717, 1.165) is 41.7 Å². The molecule has 1 fully saturated rings. The fourth-order valence-electron chi connectivity index (χ4n) is 4.37. The van der Waals surface area contributed by atoms with E-state index in [2.05, 4.69) is 31.2 Å². The molecule has 34 heavy (non-hydrogen) atoms. The summed E-state index contributed by atoms with van der Waals surface area (Å²) in [5.41, 5.74) is 2.50. The molecule has 0 aromatic carbocycles. The second kappa shape index (κ2) is 11.2. The van der Waals surface area contributed by atoms with E-state index < -0.39 is 0 Å². The second-order valence-corrected chi connectivity index (χ2v) is 9.54. The highest BCUT2D eigenvalue weighted by molar-refractivity contribution is 7.16. The average molecular weight is 474 g/mol. The van der Waals surface area contributed by atoms with Crippen LogP contribution in [0.15, 0.2) is 36.9 Å². The molecular weight excluding hydrogens is 447 g/mol. The fraction of sp³-hybridized carbons (Fsp3) is 0.417. The van der Waals surface area contributed by atoms with E-state index in [1.165, 1.54) is 11.3 Å². The van der Waals surface area contributed by atoms with Crippen molar-refractivity contribution in [2.24, 2.45) is 0 Å². The number of aryl methyl sites for hydroxylation is 1. The lowest BCUT2D eigenvalue weighted by Crippen LogP contribution is -2.33. The molecule has 0 spiro atoms. The third kappa shape index (κ3) is 5.78. The van der Waals surface area contributed by atoms with Gasteiger partial charge in [-0.15, -0.1) is 11.3 Å². The first-order valence-corrected chi connectivity index (χ1v) is 12.4. The van der Waals surface area contributed by atoms with Crippen molar-refractivity contribution >= 4 is 24.0 Å². The van der Waals surface area contributed by atoms with Gasteiger partial charge in [0.2, 0.25) is 5.88 Å². The number of amides is 1. The number of thiazole rings is 1. The van der Waals surface area contributed by atoms with Gasteiger partial charge in [0.15, 0.2) is 5.01 Å². The molecule has 0 aliphatic carbocycles. The van der Waals surface area contributed by atoms with E-state index in [4.69, 9.17) is 4.74 Å². The van der Waals surface area contributed by atoms with Crippen LogP contribution in [0.4, 0.5) is 0 Å². The number of nitrogens with zero attached hydrogens (tertiary/aromatic N) is 5. The largest absolute Gasteiger partial charge is 0.477 e. The Balaban J connectivity index is 1.54. The van der Waals surface area contributed by atoms with E-state index in [1.807, 2.05) is 26.0 Å². The van der Waals surface area contributed by atoms with Gasteiger partial charge in [-0.2, -0.15) is 0 Å². The van der Waals surface area contributed by atoms with E-state index in [1.54, 1.807) is 24.8 Å². The van der Waals surface area contributed by atoms with Crippen LogP contribution in [0.1, 0.15) is 59.7 Å². The average Bonchev–Trinajstić information content (AvgIpc) is 3.35. The van der Waals surface area contributed by atoms with Gasteiger partial charge in [0.05, 0.1) is 35.6 Å². The Labute approximate surface area is 203 Å². The zero-order chi connectivity index (χ0) is 23.9. The lowest BCUT2D eigenvalue weighted by Gasteiger charge is -2.28. The quantitative estimate of drug-likeness (QED) is 0.472. The standard InChI is InChI=1S/C24H27BN6O2S/c1-3-33-22-14-27-12-20(30-22)21-13-29-24(34-21)23(32)31-19(18-10-16(2)7-9-28-18)11-17-6-4-5-8-25(17)15-26/h7,9-10,12-14,17,19H,3-6,8,11H2,1-2H3,(H,31,32). The first-order valence-electron chi connectivity index (χ1n) is 11.6. The Morgan fingerprint density at radius 2 is 2.24 bits per heavy atom. The summed E-state index contributed by atoms with van der Waals surface area (Å²) in [7, 11) is 0. The van der Waals surface area contributed by atoms with Gasteiger partial charge in [-0.25, -0.2) is 15.2 Å². The number of aromatic nitrogens is 4. The molecule has 10 heteroatoms. The smallest absolute Gasteiger partial charge is 0.280 e. The number of hydrogen-bond acceptors (Lipinski definition) is 8. The minimum Gasteiger partial charge on any atom is -0.477 e. The molecule has 3 aromatic rings. The molecular formula is C24H27BN6O2S. The SMILES string of the molecule is CCOc1cncc(-c2cnc(C(=O)NC(CC3CCCCB3C#N)c3cc(C)ccn3)s2)n1. The van der Waals surface area contributed by atoms with Gasteiger partial charge >= 0.3 is 0 Å². The van der Waals surface area contributed by atoms with Gasteiger partial charge in [-0.3, -0.25) is 14.8 Å². The first kappa shape index (κ1) is 23.8. The maximum absolute atomic E-state index is 13.2. The summed E-state index contributed by atoms with van der Waals surface area (Å²) >= 11 is 1.26. The van der Waals surface area contributed by atoms with Crippen LogP contribution in [-0.2, 0) is 0 Å². The summed E-state index contributed by atoms with van der Waals surface area (Å²) in [6.07, 6.45) is 11.4. The van der Waals surface area contributed by atoms with Crippen LogP contribution in [0.25, 0.3) is 10.6 Å². The third-order valence-corrected chi connectivity index (χ3v) is 7.09. The summed E-state index contributed by atoms with van der Waals surface area (Å²) in [6.45, 7) is 4.40. The molecule has 1 saturated heterocycles. The summed E-state index contributed by atoms with van der Waals surface area (Å²) in [5.74, 6) is 2.88. The summed E-state index contributed by atoms with van der Waals surface area (Å²) in [5, 5.41) is 13.1. The highest BCUT2D eigenvalue weighted by atomic mass is 32.1. The number of nitrogens with one attached hydrogen (secondary N) is 1. The molecule has 174 valence electrons. The summed E-state index contributed by atoms with van der Waals surface area (Å²) in [4.78, 5) is 31.4. The van der Waals surface area contributed by atoms with Crippen LogP contribution in [0.2, 0.25) is 12.1 Å². The van der Waals surface area contributed by atoms with Crippen molar-refractivity contribution in [1.82, 2.24) is 25.3 Å². The predicted octanol–water partition coefficient (Wildman–Crippen LogP) is 4.68. The topological polar surface area (TPSA) is 114 Å². The van der Waals surface area contributed by atoms with Crippen molar-refractivity contribution in [3.8, 4) is 22.4 Å². The van der Waals surface area contributed by atoms with Crippen LogP contribution < -0.4 is 10.1 Å². The van der Waals surface area contributed by atoms with Gasteiger partial charge in [0.25, 0.3) is 12.6 Å². The van der Waals surface area contributed by atoms with Gasteiger partial charge < -0.3 is 10.1 Å². The van der Waals surface area contributed by atoms with Crippen molar-refractivity contribution in [2.75, 3.05) is 6.61 Å². The Kier molecular flexibility index (Phi) is 7.85. The Morgan fingerprint density at radius 1 is 1.35 bits per heavy atom. The summed E-state index contributed by atoms with van der Waals surface area (Å²) in [6, 6.07) is 3.64. The van der Waals surface area contributed by atoms with Gasteiger partial charge in [0, 0.05) is 18.4 Å². The molecule has 1 amide bonds. The van der Waals surface area contributed by atoms with Crippen molar-refractivity contribution < 1.29 is 9.53 Å². The van der Waals surface area contributed by atoms with E-state index in [9.17, 15) is 10.1 Å². The monoisotopic (exact) mass is 474 g/mol. The van der Waals surface area contributed by atoms with Gasteiger partial charge in [0.1, 0.15) is 5.69 Å². The zero-order valence-corrected chi connectivity index (χ0v) is 20.2. The van der Waals surface area contributed by atoms with E-state index in [-0.39, 0.29) is 24.5 Å². The molecule has 3 aromatic heterocycles. The minimum absolute atomic E-state index is 0.0145. The third-order valence-electron chi connectivity index (χ3n) is 6.07. The lowest BCUT2D eigenvalue weighted by molar-refractivity contribution is 0.0932. The lowest BCUT2D eigenvalue weighted by atomic mass is 9.36. The number of carbonyl (C=O) groups is 1. The molecule has 4 rings (SSSR count). The Hall–Kier alpha value is -3.32. The van der Waals surface area contributed by atoms with Gasteiger partial charge in [-0.1, -0.05) is 25.6 Å². The van der Waals surface area contributed by atoms with Crippen LogP contribution >= 0.6 is 11.3 Å². The molecule has 1 aliphatic rings. The van der Waals surface area contributed by atoms with E-state index in [0.29, 0.717) is 29.6 Å². The molecule has 1 aliphatic heterocycles. The minimum atomic E-state index is -0.292. The number of pyridine rings is 1. The summed E-state index contributed by atoms with van der Waals surface area (Å²) < 4.78 is 5.43. The van der Waals surface area contributed by atoms with E-state index >= 15 is 0 Å². The fourth-order valence-corrected chi connectivity index (χ4v) is 5.14. The van der Waals surface area contributed by atoms with Crippen LogP contribution in [-0.4, -0.2) is 39.2 Å². The molecule has 0 saturated carbocycles. The second-order valence-electron chi connectivity index (χ2n) is 8.51. The number of rotatable bonds is 8. The number of nitriles is 1. The number of carbonyl (C=O) groups excluding carboxylic acids is 1. The molecule has 2 atom stereocenters. The number of hydrogen-bond donors (Lipinski definition) is 1. The maximum atomic E-state index is 13.2. The predicted molar refractivity (Wildman–Crippen MR) is 132 cm³/mol. The first-order chi connectivity index (χ1) is 16.6. The molecule has 2 unspecified atom stereocenters. The Bertz CT molecular complexity index is 1180. The van der Waals surface area contributed by atoms with Crippen LogP contribution in [0.3, 0.4) is 0 Å². The van der Waals surface area contributed by atoms with Gasteiger partial charge in [-0.05, 0) is 43.8 Å². The molecule has 0 radical (unpaired) electrons. The van der Waals surface area contributed by atoms with Crippen LogP contribution in [0, 0.1) is 18.2 Å². The molecule has 0 bridgehead atoms. The molecule has 8 nitrogen and oxygen atoms in total. The van der Waals surface area contributed by atoms with Crippen LogP contribution in [0.5, 0.6) is 5.88 Å². The van der Waals surface area contributed by atoms with Crippen molar-refractivity contribution in [3.63, 3.8) is 0 Å². The highest BCUT2D eigenvalue weighted by Gasteiger charge is 2.33. The maximum Gasteiger partial charge on any atom is 0.280 e. The zero-order valence-electron chi connectivity index (χ0n) is 19.4. The normalized spacial score (nSPS) is 16.5. The van der Waals surface area contributed by atoms with Crippen molar-refractivity contribution in [2.45, 2.75) is 57.7 Å². The molecule has 1 N–H and O–H groups in total. The molecule has 4 heterocycles. The number of ether oxygens (including phenoxy) is 1. The Morgan fingerprint density at radius 3 is 3.03 bits per heavy atom.